The van der Waals surface area contributed by atoms with Crippen LogP contribution >= 0.6 is 0 Å². The van der Waals surface area contributed by atoms with Gasteiger partial charge in [-0.2, -0.15) is 0 Å². The van der Waals surface area contributed by atoms with Crippen LogP contribution in [0.2, 0.25) is 0 Å². The average molecular weight is 334 g/mol. The number of hydrogen-bond acceptors (Lipinski definition) is 3. The first kappa shape index (κ1) is 17.6. The number of β-amino-alcohol motifs (C(OH)–C–C–N with tert-alkyl or cyclic N) is 1. The molecule has 2 aromatic carbocycles. The first-order chi connectivity index (χ1) is 12.0. The van der Waals surface area contributed by atoms with Gasteiger partial charge in [-0.1, -0.05) is 61.5 Å². The van der Waals surface area contributed by atoms with Gasteiger partial charge in [0.1, 0.15) is 0 Å². The molecule has 25 heavy (non-hydrogen) atoms. The number of nitrogens with zero attached hydrogens (tertiary/aromatic N) is 1. The van der Waals surface area contributed by atoms with Crippen LogP contribution in [0.5, 0.6) is 0 Å². The number of hydrogen-bond donors (Lipinski definition) is 2. The minimum Gasteiger partial charge on any atom is -0.387 e. The molecule has 0 aliphatic carbocycles. The average Bonchev–Trinajstić information content (AvgIpc) is 2.66. The van der Waals surface area contributed by atoms with E-state index in [1.807, 2.05) is 42.5 Å². The van der Waals surface area contributed by atoms with Gasteiger partial charge in [-0.3, -0.25) is 0 Å². The van der Waals surface area contributed by atoms with Crippen LogP contribution in [0.3, 0.4) is 0 Å². The van der Waals surface area contributed by atoms with E-state index in [2.05, 4.69) is 44.3 Å². The number of benzene rings is 2. The second kappa shape index (κ2) is 7.34. The number of para-hydroxylation sites is 1. The molecule has 0 spiro atoms. The van der Waals surface area contributed by atoms with E-state index in [9.17, 15) is 5.11 Å². The Morgan fingerprint density at radius 3 is 2.48 bits per heavy atom. The van der Waals surface area contributed by atoms with Crippen LogP contribution in [0.4, 0.5) is 0 Å². The van der Waals surface area contributed by atoms with E-state index in [-0.39, 0.29) is 5.54 Å². The van der Waals surface area contributed by atoms with E-state index >= 15 is 0 Å². The molecule has 1 heterocycles. The first-order valence-corrected chi connectivity index (χ1v) is 8.88. The Hall–Kier alpha value is -2.23. The molecule has 3 rings (SSSR count). The maximum atomic E-state index is 10.7. The Balaban J connectivity index is 1.95. The molecule has 0 aliphatic rings. The number of pyridine rings is 1. The fourth-order valence-electron chi connectivity index (χ4n) is 2.82. The molecule has 3 heteroatoms. The lowest BCUT2D eigenvalue weighted by molar-refractivity contribution is 0.161. The number of aliphatic hydroxyl groups is 1. The van der Waals surface area contributed by atoms with Gasteiger partial charge in [0.15, 0.2) is 0 Å². The molecule has 3 nitrogen and oxygen atoms in total. The third kappa shape index (κ3) is 4.06. The lowest BCUT2D eigenvalue weighted by Gasteiger charge is -2.26. The van der Waals surface area contributed by atoms with Crippen LogP contribution in [0.15, 0.2) is 60.7 Å². The van der Waals surface area contributed by atoms with Crippen LogP contribution < -0.4 is 5.32 Å². The fourth-order valence-corrected chi connectivity index (χ4v) is 2.82. The number of fused-ring (bicyclic) bond motifs is 1. The topological polar surface area (TPSA) is 45.1 Å². The van der Waals surface area contributed by atoms with Crippen molar-refractivity contribution in [2.24, 2.45) is 0 Å². The van der Waals surface area contributed by atoms with E-state index in [0.717, 1.165) is 34.1 Å². The van der Waals surface area contributed by atoms with Crippen molar-refractivity contribution in [3.63, 3.8) is 0 Å². The Morgan fingerprint density at radius 1 is 1.00 bits per heavy atom. The normalized spacial score (nSPS) is 13.1. The van der Waals surface area contributed by atoms with Crippen molar-refractivity contribution in [3.05, 3.63) is 66.2 Å². The molecule has 0 amide bonds. The van der Waals surface area contributed by atoms with E-state index in [1.165, 1.54) is 0 Å². The summed E-state index contributed by atoms with van der Waals surface area (Å²) in [5.41, 5.74) is 3.75. The molecule has 1 unspecified atom stereocenters. The summed E-state index contributed by atoms with van der Waals surface area (Å²) in [6.07, 6.45) is 0.416. The second-order valence-corrected chi connectivity index (χ2v) is 7.12. The molecule has 1 aromatic heterocycles. The van der Waals surface area contributed by atoms with E-state index < -0.39 is 6.10 Å². The molecule has 0 fully saturated rings. The maximum Gasteiger partial charge on any atom is 0.0935 e. The standard InChI is InChI=1S/C22H26N2O/c1-4-22(2,3)23-15-20(25)18-12-8-11-17-13-14-19(24-21(17)18)16-9-6-5-7-10-16/h5-14,20,23,25H,4,15H2,1-3H3. The lowest BCUT2D eigenvalue weighted by atomic mass is 9.99. The molecule has 0 bridgehead atoms. The molecular weight excluding hydrogens is 308 g/mol. The first-order valence-electron chi connectivity index (χ1n) is 8.88. The van der Waals surface area contributed by atoms with Gasteiger partial charge in [-0.25, -0.2) is 4.98 Å². The summed E-state index contributed by atoms with van der Waals surface area (Å²) in [7, 11) is 0. The van der Waals surface area contributed by atoms with Gasteiger partial charge >= 0.3 is 0 Å². The number of aromatic nitrogens is 1. The van der Waals surface area contributed by atoms with Gasteiger partial charge in [-0.15, -0.1) is 0 Å². The second-order valence-electron chi connectivity index (χ2n) is 7.12. The number of rotatable bonds is 6. The summed E-state index contributed by atoms with van der Waals surface area (Å²) in [5.74, 6) is 0. The van der Waals surface area contributed by atoms with Crippen molar-refractivity contribution in [2.45, 2.75) is 38.8 Å². The number of aliphatic hydroxyl groups excluding tert-OH is 1. The highest BCUT2D eigenvalue weighted by atomic mass is 16.3. The van der Waals surface area contributed by atoms with Gasteiger partial charge in [0.05, 0.1) is 17.3 Å². The molecule has 3 aromatic rings. The fraction of sp³-hybridized carbons (Fsp3) is 0.318. The molecular formula is C22H26N2O. The van der Waals surface area contributed by atoms with Crippen molar-refractivity contribution in [2.75, 3.05) is 6.54 Å². The zero-order valence-corrected chi connectivity index (χ0v) is 15.2. The summed E-state index contributed by atoms with van der Waals surface area (Å²) < 4.78 is 0. The summed E-state index contributed by atoms with van der Waals surface area (Å²) in [4.78, 5) is 4.84. The van der Waals surface area contributed by atoms with Crippen LogP contribution in [-0.4, -0.2) is 22.2 Å². The quantitative estimate of drug-likeness (QED) is 0.686. The summed E-state index contributed by atoms with van der Waals surface area (Å²) in [5, 5.41) is 15.2. The highest BCUT2D eigenvalue weighted by Crippen LogP contribution is 2.26. The van der Waals surface area contributed by atoms with Crippen molar-refractivity contribution in [3.8, 4) is 11.3 Å². The van der Waals surface area contributed by atoms with Gasteiger partial charge in [0.2, 0.25) is 0 Å². The van der Waals surface area contributed by atoms with Gasteiger partial charge < -0.3 is 10.4 Å². The Bertz CT molecular complexity index is 843. The highest BCUT2D eigenvalue weighted by Gasteiger charge is 2.18. The van der Waals surface area contributed by atoms with Crippen molar-refractivity contribution in [1.29, 1.82) is 0 Å². The predicted molar refractivity (Wildman–Crippen MR) is 105 cm³/mol. The number of nitrogens with one attached hydrogen (secondary N) is 1. The zero-order chi connectivity index (χ0) is 17.9. The van der Waals surface area contributed by atoms with E-state index in [4.69, 9.17) is 4.98 Å². The van der Waals surface area contributed by atoms with Crippen molar-refractivity contribution in [1.82, 2.24) is 10.3 Å². The van der Waals surface area contributed by atoms with Gasteiger partial charge in [0, 0.05) is 28.6 Å². The molecule has 0 aliphatic heterocycles. The Morgan fingerprint density at radius 2 is 1.76 bits per heavy atom. The molecule has 2 N–H and O–H groups in total. The van der Waals surface area contributed by atoms with Gasteiger partial charge in [0.25, 0.3) is 0 Å². The summed E-state index contributed by atoms with van der Waals surface area (Å²) >= 11 is 0. The molecule has 130 valence electrons. The van der Waals surface area contributed by atoms with Crippen molar-refractivity contribution < 1.29 is 5.11 Å². The van der Waals surface area contributed by atoms with E-state index in [1.54, 1.807) is 0 Å². The predicted octanol–water partition coefficient (Wildman–Crippen LogP) is 4.71. The Kier molecular flexibility index (Phi) is 5.16. The lowest BCUT2D eigenvalue weighted by Crippen LogP contribution is -2.40. The highest BCUT2D eigenvalue weighted by molar-refractivity contribution is 5.84. The van der Waals surface area contributed by atoms with Crippen LogP contribution in [-0.2, 0) is 0 Å². The summed E-state index contributed by atoms with van der Waals surface area (Å²) in [6, 6.07) is 20.2. The monoisotopic (exact) mass is 334 g/mol. The zero-order valence-electron chi connectivity index (χ0n) is 15.2. The van der Waals surface area contributed by atoms with Crippen LogP contribution in [0.25, 0.3) is 22.2 Å². The van der Waals surface area contributed by atoms with Crippen molar-refractivity contribution >= 4 is 10.9 Å². The largest absolute Gasteiger partial charge is 0.387 e. The summed E-state index contributed by atoms with van der Waals surface area (Å²) in [6.45, 7) is 6.95. The third-order valence-electron chi connectivity index (χ3n) is 4.84. The molecule has 0 radical (unpaired) electrons. The molecule has 1 atom stereocenters. The van der Waals surface area contributed by atoms with Crippen LogP contribution in [0, 0.1) is 0 Å². The molecule has 0 saturated carbocycles. The minimum atomic E-state index is -0.590. The van der Waals surface area contributed by atoms with Crippen LogP contribution in [0.1, 0.15) is 38.9 Å². The van der Waals surface area contributed by atoms with E-state index in [0.29, 0.717) is 6.54 Å². The van der Waals surface area contributed by atoms with Gasteiger partial charge in [-0.05, 0) is 26.3 Å². The maximum absolute atomic E-state index is 10.7. The molecule has 0 saturated heterocycles. The smallest absolute Gasteiger partial charge is 0.0935 e. The third-order valence-corrected chi connectivity index (χ3v) is 4.84. The Labute approximate surface area is 149 Å². The SMILES string of the molecule is CCC(C)(C)NCC(O)c1cccc2ccc(-c3ccccc3)nc12. The minimum absolute atomic E-state index is 0.00813.